The van der Waals surface area contributed by atoms with Gasteiger partial charge >= 0.3 is 0 Å². The number of para-hydroxylation sites is 1. The lowest BCUT2D eigenvalue weighted by atomic mass is 9.94. The van der Waals surface area contributed by atoms with Crippen molar-refractivity contribution >= 4 is 5.91 Å². The monoisotopic (exact) mass is 349 g/mol. The Morgan fingerprint density at radius 3 is 2.73 bits per heavy atom. The number of amides is 1. The number of hydrogen-bond donors (Lipinski definition) is 0. The second-order valence-electron chi connectivity index (χ2n) is 6.57. The summed E-state index contributed by atoms with van der Waals surface area (Å²) in [6.07, 6.45) is 6.21. The van der Waals surface area contributed by atoms with Crippen LogP contribution in [-0.2, 0) is 0 Å². The zero-order valence-corrected chi connectivity index (χ0v) is 14.4. The smallest absolute Gasteiger partial charge is 0.257 e. The number of nitrogens with zero attached hydrogens (tertiary/aromatic N) is 3. The Balaban J connectivity index is 1.61. The molecule has 1 aromatic heterocycles. The number of aromatic nitrogens is 2. The van der Waals surface area contributed by atoms with Crippen LogP contribution in [0.5, 0.6) is 0 Å². The fourth-order valence-electron chi connectivity index (χ4n) is 3.56. The Labute approximate surface area is 151 Å². The summed E-state index contributed by atoms with van der Waals surface area (Å²) in [6, 6.07) is 16.2. The molecule has 2 aromatic carbocycles. The lowest BCUT2D eigenvalue weighted by Gasteiger charge is -2.36. The van der Waals surface area contributed by atoms with Crippen molar-refractivity contribution in [2.45, 2.75) is 25.3 Å². The zero-order chi connectivity index (χ0) is 17.9. The Kier molecular flexibility index (Phi) is 4.52. The van der Waals surface area contributed by atoms with Gasteiger partial charge in [-0.3, -0.25) is 4.79 Å². The van der Waals surface area contributed by atoms with Gasteiger partial charge in [0.1, 0.15) is 5.82 Å². The number of hydrogen-bond acceptors (Lipinski definition) is 2. The first-order valence-corrected chi connectivity index (χ1v) is 8.89. The third-order valence-electron chi connectivity index (χ3n) is 4.85. The number of likely N-dealkylation sites (tertiary alicyclic amines) is 1. The number of carbonyl (C=O) groups is 1. The summed E-state index contributed by atoms with van der Waals surface area (Å²) in [4.78, 5) is 14.9. The minimum Gasteiger partial charge on any atom is -0.332 e. The van der Waals surface area contributed by atoms with Gasteiger partial charge < -0.3 is 4.90 Å². The highest BCUT2D eigenvalue weighted by Crippen LogP contribution is 2.32. The molecule has 0 radical (unpaired) electrons. The van der Waals surface area contributed by atoms with Crippen LogP contribution in [0, 0.1) is 5.82 Å². The van der Waals surface area contributed by atoms with Gasteiger partial charge in [-0.2, -0.15) is 5.10 Å². The molecule has 4 nitrogen and oxygen atoms in total. The van der Waals surface area contributed by atoms with Gasteiger partial charge in [-0.15, -0.1) is 0 Å². The van der Waals surface area contributed by atoms with Crippen LogP contribution in [0.15, 0.2) is 67.0 Å². The largest absolute Gasteiger partial charge is 0.332 e. The van der Waals surface area contributed by atoms with Crippen LogP contribution >= 0.6 is 0 Å². The van der Waals surface area contributed by atoms with Crippen molar-refractivity contribution in [2.75, 3.05) is 6.54 Å². The highest BCUT2D eigenvalue weighted by atomic mass is 19.1. The minimum absolute atomic E-state index is 0.0545. The molecule has 132 valence electrons. The molecule has 1 atom stereocenters. The number of halogens is 1. The normalized spacial score (nSPS) is 17.3. The van der Waals surface area contributed by atoms with Gasteiger partial charge in [0.2, 0.25) is 0 Å². The number of carbonyl (C=O) groups excluding carboxylic acids is 1. The molecule has 26 heavy (non-hydrogen) atoms. The third-order valence-corrected chi connectivity index (χ3v) is 4.85. The van der Waals surface area contributed by atoms with Crippen LogP contribution in [0.2, 0.25) is 0 Å². The SMILES string of the molecule is O=C(c1cnn(-c2ccccc2)c1)N1CCCC[C@H]1c1cccc(F)c1. The summed E-state index contributed by atoms with van der Waals surface area (Å²) in [5, 5.41) is 4.32. The van der Waals surface area contributed by atoms with Gasteiger partial charge in [0, 0.05) is 12.7 Å². The van der Waals surface area contributed by atoms with Crippen LogP contribution < -0.4 is 0 Å². The lowest BCUT2D eigenvalue weighted by molar-refractivity contribution is 0.0611. The average Bonchev–Trinajstić information content (AvgIpc) is 3.18. The fraction of sp³-hybridized carbons (Fsp3) is 0.238. The maximum atomic E-state index is 13.6. The zero-order valence-electron chi connectivity index (χ0n) is 14.4. The molecule has 0 aliphatic carbocycles. The molecule has 1 aliphatic rings. The molecule has 0 unspecified atom stereocenters. The summed E-state index contributed by atoms with van der Waals surface area (Å²) < 4.78 is 15.4. The average molecular weight is 349 g/mol. The van der Waals surface area contributed by atoms with E-state index in [1.54, 1.807) is 23.1 Å². The Hall–Kier alpha value is -2.95. The fourth-order valence-corrected chi connectivity index (χ4v) is 3.56. The summed E-state index contributed by atoms with van der Waals surface area (Å²) in [7, 11) is 0. The predicted octanol–water partition coefficient (Wildman–Crippen LogP) is 4.38. The van der Waals surface area contributed by atoms with Gasteiger partial charge in [0.25, 0.3) is 5.91 Å². The van der Waals surface area contributed by atoms with E-state index in [2.05, 4.69) is 5.10 Å². The molecule has 0 bridgehead atoms. The van der Waals surface area contributed by atoms with E-state index < -0.39 is 0 Å². The molecule has 1 amide bonds. The summed E-state index contributed by atoms with van der Waals surface area (Å²) in [5.41, 5.74) is 2.32. The second-order valence-corrected chi connectivity index (χ2v) is 6.57. The molecule has 0 spiro atoms. The first-order chi connectivity index (χ1) is 12.7. The van der Waals surface area contributed by atoms with E-state index in [1.165, 1.54) is 12.1 Å². The number of rotatable bonds is 3. The molecule has 0 N–H and O–H groups in total. The van der Waals surface area contributed by atoms with E-state index in [4.69, 9.17) is 0 Å². The van der Waals surface area contributed by atoms with Gasteiger partial charge in [-0.25, -0.2) is 9.07 Å². The van der Waals surface area contributed by atoms with Crippen LogP contribution in [-0.4, -0.2) is 27.1 Å². The molecule has 5 heteroatoms. The first-order valence-electron chi connectivity index (χ1n) is 8.89. The molecule has 1 aliphatic heterocycles. The van der Waals surface area contributed by atoms with Crippen molar-refractivity contribution in [2.24, 2.45) is 0 Å². The quantitative estimate of drug-likeness (QED) is 0.704. The van der Waals surface area contributed by atoms with E-state index in [-0.39, 0.29) is 17.8 Å². The highest BCUT2D eigenvalue weighted by Gasteiger charge is 2.29. The second kappa shape index (κ2) is 7.12. The maximum Gasteiger partial charge on any atom is 0.257 e. The minimum atomic E-state index is -0.266. The summed E-state index contributed by atoms with van der Waals surface area (Å²) >= 11 is 0. The number of benzene rings is 2. The van der Waals surface area contributed by atoms with Crippen LogP contribution in [0.25, 0.3) is 5.69 Å². The predicted molar refractivity (Wildman–Crippen MR) is 97.6 cm³/mol. The molecule has 0 saturated carbocycles. The van der Waals surface area contributed by atoms with Crippen LogP contribution in [0.1, 0.15) is 41.2 Å². The topological polar surface area (TPSA) is 38.1 Å². The van der Waals surface area contributed by atoms with Crippen molar-refractivity contribution in [1.29, 1.82) is 0 Å². The molecule has 1 fully saturated rings. The van der Waals surface area contributed by atoms with Crippen molar-refractivity contribution in [3.05, 3.63) is 83.9 Å². The van der Waals surface area contributed by atoms with E-state index in [0.29, 0.717) is 12.1 Å². The number of piperidine rings is 1. The van der Waals surface area contributed by atoms with E-state index in [1.807, 2.05) is 41.3 Å². The first kappa shape index (κ1) is 16.5. The van der Waals surface area contributed by atoms with Crippen molar-refractivity contribution < 1.29 is 9.18 Å². The van der Waals surface area contributed by atoms with Crippen LogP contribution in [0.4, 0.5) is 4.39 Å². The molecule has 1 saturated heterocycles. The summed E-state index contributed by atoms with van der Waals surface area (Å²) in [6.45, 7) is 0.677. The van der Waals surface area contributed by atoms with Gasteiger partial charge in [0.15, 0.2) is 0 Å². The summed E-state index contributed by atoms with van der Waals surface area (Å²) in [5.74, 6) is -0.321. The highest BCUT2D eigenvalue weighted by molar-refractivity contribution is 5.94. The Bertz CT molecular complexity index is 906. The van der Waals surface area contributed by atoms with E-state index >= 15 is 0 Å². The maximum absolute atomic E-state index is 13.6. The third kappa shape index (κ3) is 3.25. The molecular formula is C21H20FN3O. The van der Waals surface area contributed by atoms with E-state index in [0.717, 1.165) is 30.5 Å². The molecule has 3 aromatic rings. The van der Waals surface area contributed by atoms with Crippen molar-refractivity contribution in [3.63, 3.8) is 0 Å². The van der Waals surface area contributed by atoms with Crippen molar-refractivity contribution in [3.8, 4) is 5.69 Å². The molecule has 2 heterocycles. The lowest BCUT2D eigenvalue weighted by Crippen LogP contribution is -2.38. The molecule has 4 rings (SSSR count). The Morgan fingerprint density at radius 2 is 1.92 bits per heavy atom. The molecular weight excluding hydrogens is 329 g/mol. The Morgan fingerprint density at radius 1 is 1.08 bits per heavy atom. The standard InChI is InChI=1S/C21H20FN3O/c22-18-8-6-7-16(13-18)20-11-4-5-12-24(20)21(26)17-14-23-25(15-17)19-9-2-1-3-10-19/h1-3,6-10,13-15,20H,4-5,11-12H2/t20-/m0/s1. The van der Waals surface area contributed by atoms with Crippen LogP contribution in [0.3, 0.4) is 0 Å². The van der Waals surface area contributed by atoms with Gasteiger partial charge in [0.05, 0.1) is 23.5 Å². The van der Waals surface area contributed by atoms with E-state index in [9.17, 15) is 9.18 Å². The van der Waals surface area contributed by atoms with Crippen molar-refractivity contribution in [1.82, 2.24) is 14.7 Å². The van der Waals surface area contributed by atoms with Gasteiger partial charge in [-0.1, -0.05) is 30.3 Å². The van der Waals surface area contributed by atoms with Gasteiger partial charge in [-0.05, 0) is 49.1 Å².